The summed E-state index contributed by atoms with van der Waals surface area (Å²) in [5.41, 5.74) is 2.68. The summed E-state index contributed by atoms with van der Waals surface area (Å²) in [4.78, 5) is 29.9. The summed E-state index contributed by atoms with van der Waals surface area (Å²) in [5.74, 6) is -0.460. The number of para-hydroxylation sites is 1. The van der Waals surface area contributed by atoms with E-state index >= 15 is 0 Å². The number of carbonyl (C=O) groups excluding carboxylic acids is 1. The van der Waals surface area contributed by atoms with Gasteiger partial charge >= 0.3 is 0 Å². The van der Waals surface area contributed by atoms with Crippen LogP contribution in [-0.2, 0) is 4.79 Å². The molecule has 0 radical (unpaired) electrons. The van der Waals surface area contributed by atoms with Crippen molar-refractivity contribution in [3.8, 4) is 0 Å². The maximum absolute atomic E-state index is 13.1. The van der Waals surface area contributed by atoms with Crippen molar-refractivity contribution >= 4 is 38.3 Å². The smallest absolute Gasteiger partial charge is 0.243 e. The predicted octanol–water partition coefficient (Wildman–Crippen LogP) is 4.75. The fourth-order valence-electron chi connectivity index (χ4n) is 3.14. The first-order valence-electron chi connectivity index (χ1n) is 8.88. The van der Waals surface area contributed by atoms with Gasteiger partial charge in [-0.3, -0.25) is 19.8 Å². The molecule has 1 fully saturated rings. The Morgan fingerprint density at radius 3 is 2.52 bits per heavy atom. The van der Waals surface area contributed by atoms with Gasteiger partial charge in [-0.15, -0.1) is 0 Å². The van der Waals surface area contributed by atoms with E-state index in [9.17, 15) is 14.9 Å². The quantitative estimate of drug-likeness (QED) is 0.472. The molecule has 1 aliphatic carbocycles. The Balaban J connectivity index is 1.75. The highest BCUT2D eigenvalue weighted by Gasteiger charge is 2.55. The lowest BCUT2D eigenvalue weighted by Crippen LogP contribution is -2.29. The third-order valence-corrected chi connectivity index (χ3v) is 5.88. The molecule has 138 valence electrons. The topological polar surface area (TPSA) is 76.3 Å². The zero-order valence-corrected chi connectivity index (χ0v) is 15.8. The summed E-state index contributed by atoms with van der Waals surface area (Å²) in [6.07, 6.45) is 0.289. The van der Waals surface area contributed by atoms with Crippen LogP contribution in [0.15, 0.2) is 48.5 Å². The monoisotopic (exact) mass is 381 g/mol. The minimum Gasteiger partial charge on any atom is -0.273 e. The molecule has 1 heterocycles. The average molecular weight is 381 g/mol. The number of nitro groups is 1. The first-order chi connectivity index (χ1) is 13.0. The minimum absolute atomic E-state index is 0.256. The van der Waals surface area contributed by atoms with Gasteiger partial charge in [0.1, 0.15) is 5.92 Å². The van der Waals surface area contributed by atoms with Crippen molar-refractivity contribution in [1.82, 2.24) is 4.98 Å². The van der Waals surface area contributed by atoms with Crippen LogP contribution < -0.4 is 4.90 Å². The normalized spacial score (nSPS) is 18.6. The number of rotatable bonds is 5. The SMILES string of the molecule is CC(C)c1ccc(N(C(=O)C2CC2[N+](=O)[O-])c2nc3ccccc3s2)cc1. The Morgan fingerprint density at radius 1 is 1.22 bits per heavy atom. The Labute approximate surface area is 160 Å². The second kappa shape index (κ2) is 6.74. The standard InChI is InChI=1S/C20H19N3O3S/c1-12(2)13-7-9-14(10-8-13)22(19(24)15-11-17(15)23(25)26)20-21-16-5-3-4-6-18(16)27-20/h3-10,12,15,17H,11H2,1-2H3. The van der Waals surface area contributed by atoms with Gasteiger partial charge in [-0.2, -0.15) is 0 Å². The molecule has 1 saturated carbocycles. The van der Waals surface area contributed by atoms with E-state index in [1.807, 2.05) is 48.5 Å². The fourth-order valence-corrected chi connectivity index (χ4v) is 4.13. The average Bonchev–Trinajstić information content (AvgIpc) is 3.35. The number of anilines is 2. The van der Waals surface area contributed by atoms with Gasteiger partial charge in [-0.1, -0.05) is 49.4 Å². The van der Waals surface area contributed by atoms with E-state index < -0.39 is 12.0 Å². The van der Waals surface area contributed by atoms with Crippen LogP contribution >= 0.6 is 11.3 Å². The zero-order valence-electron chi connectivity index (χ0n) is 15.0. The first kappa shape index (κ1) is 17.6. The van der Waals surface area contributed by atoms with Crippen LogP contribution in [0.5, 0.6) is 0 Å². The van der Waals surface area contributed by atoms with Gasteiger partial charge < -0.3 is 0 Å². The third kappa shape index (κ3) is 3.30. The second-order valence-corrected chi connectivity index (χ2v) is 8.09. The van der Waals surface area contributed by atoms with Crippen molar-refractivity contribution < 1.29 is 9.72 Å². The molecule has 6 nitrogen and oxygen atoms in total. The number of aromatic nitrogens is 1. The van der Waals surface area contributed by atoms with E-state index in [0.717, 1.165) is 10.2 Å². The molecule has 2 atom stereocenters. The summed E-state index contributed by atoms with van der Waals surface area (Å²) in [7, 11) is 0. The van der Waals surface area contributed by atoms with Crippen LogP contribution in [0.1, 0.15) is 31.7 Å². The van der Waals surface area contributed by atoms with Gasteiger partial charge in [0.2, 0.25) is 11.9 Å². The number of hydrogen-bond acceptors (Lipinski definition) is 5. The molecule has 0 bridgehead atoms. The molecule has 3 aromatic rings. The van der Waals surface area contributed by atoms with E-state index in [2.05, 4.69) is 18.8 Å². The summed E-state index contributed by atoms with van der Waals surface area (Å²) < 4.78 is 0.978. The number of hydrogen-bond donors (Lipinski definition) is 0. The summed E-state index contributed by atoms with van der Waals surface area (Å²) in [5, 5.41) is 11.6. The summed E-state index contributed by atoms with van der Waals surface area (Å²) in [6, 6.07) is 14.7. The summed E-state index contributed by atoms with van der Waals surface area (Å²) >= 11 is 1.42. The number of nitrogens with zero attached hydrogens (tertiary/aromatic N) is 3. The number of thiazole rings is 1. The molecule has 2 unspecified atom stereocenters. The highest BCUT2D eigenvalue weighted by molar-refractivity contribution is 7.22. The third-order valence-electron chi connectivity index (χ3n) is 4.86. The Bertz CT molecular complexity index is 980. The van der Waals surface area contributed by atoms with Crippen LogP contribution in [0.3, 0.4) is 0 Å². The van der Waals surface area contributed by atoms with Crippen LogP contribution in [0.4, 0.5) is 10.8 Å². The molecule has 0 spiro atoms. The van der Waals surface area contributed by atoms with E-state index in [1.165, 1.54) is 16.9 Å². The number of fused-ring (bicyclic) bond motifs is 1. The van der Waals surface area contributed by atoms with Crippen molar-refractivity contribution in [3.63, 3.8) is 0 Å². The highest BCUT2D eigenvalue weighted by Crippen LogP contribution is 2.41. The fraction of sp³-hybridized carbons (Fsp3) is 0.300. The van der Waals surface area contributed by atoms with Gasteiger partial charge in [0.15, 0.2) is 5.13 Å². The minimum atomic E-state index is -0.788. The van der Waals surface area contributed by atoms with Gasteiger partial charge in [-0.25, -0.2) is 4.98 Å². The Kier molecular flexibility index (Phi) is 4.39. The van der Waals surface area contributed by atoms with Gasteiger partial charge in [-0.05, 0) is 35.7 Å². The predicted molar refractivity (Wildman–Crippen MR) is 106 cm³/mol. The van der Waals surface area contributed by atoms with Gasteiger partial charge in [0, 0.05) is 11.3 Å². The van der Waals surface area contributed by atoms with Crippen molar-refractivity contribution in [2.45, 2.75) is 32.2 Å². The molecule has 1 aromatic heterocycles. The molecule has 27 heavy (non-hydrogen) atoms. The lowest BCUT2D eigenvalue weighted by molar-refractivity contribution is -0.497. The van der Waals surface area contributed by atoms with Gasteiger partial charge in [0.25, 0.3) is 0 Å². The molecule has 0 aliphatic heterocycles. The zero-order chi connectivity index (χ0) is 19.1. The molecule has 7 heteroatoms. The van der Waals surface area contributed by atoms with Gasteiger partial charge in [0.05, 0.1) is 15.9 Å². The molecule has 1 amide bonds. The number of benzene rings is 2. The lowest BCUT2D eigenvalue weighted by Gasteiger charge is -2.20. The summed E-state index contributed by atoms with van der Waals surface area (Å²) in [6.45, 7) is 4.22. The molecular weight excluding hydrogens is 362 g/mol. The molecule has 2 aromatic carbocycles. The molecular formula is C20H19N3O3S. The van der Waals surface area contributed by atoms with E-state index in [1.54, 1.807) is 4.90 Å². The van der Waals surface area contributed by atoms with E-state index in [0.29, 0.717) is 16.7 Å². The highest BCUT2D eigenvalue weighted by atomic mass is 32.1. The molecule has 0 saturated heterocycles. The van der Waals surface area contributed by atoms with Crippen molar-refractivity contribution in [3.05, 3.63) is 64.2 Å². The molecule has 4 rings (SSSR count). The Hall–Kier alpha value is -2.80. The number of amides is 1. The van der Waals surface area contributed by atoms with Crippen LogP contribution in [-0.4, -0.2) is 21.9 Å². The first-order valence-corrected chi connectivity index (χ1v) is 9.70. The number of carbonyl (C=O) groups is 1. The van der Waals surface area contributed by atoms with Crippen LogP contribution in [0.2, 0.25) is 0 Å². The lowest BCUT2D eigenvalue weighted by atomic mass is 10.0. The van der Waals surface area contributed by atoms with Crippen molar-refractivity contribution in [2.75, 3.05) is 4.90 Å². The van der Waals surface area contributed by atoms with Crippen LogP contribution in [0.25, 0.3) is 10.2 Å². The van der Waals surface area contributed by atoms with E-state index in [-0.39, 0.29) is 17.3 Å². The second-order valence-electron chi connectivity index (χ2n) is 7.08. The Morgan fingerprint density at radius 2 is 1.93 bits per heavy atom. The largest absolute Gasteiger partial charge is 0.273 e. The van der Waals surface area contributed by atoms with Crippen molar-refractivity contribution in [2.24, 2.45) is 5.92 Å². The van der Waals surface area contributed by atoms with Crippen LogP contribution in [0, 0.1) is 16.0 Å². The van der Waals surface area contributed by atoms with Crippen molar-refractivity contribution in [1.29, 1.82) is 0 Å². The molecule has 0 N–H and O–H groups in total. The molecule has 1 aliphatic rings. The maximum Gasteiger partial charge on any atom is 0.243 e. The van der Waals surface area contributed by atoms with E-state index in [4.69, 9.17) is 0 Å². The maximum atomic E-state index is 13.1.